The highest BCUT2D eigenvalue weighted by Crippen LogP contribution is 2.41. The zero-order chi connectivity index (χ0) is 26.8. The van der Waals surface area contributed by atoms with Crippen molar-refractivity contribution in [3.8, 4) is 17.1 Å². The molecule has 0 atom stereocenters. The van der Waals surface area contributed by atoms with Gasteiger partial charge in [0.05, 0.1) is 23.0 Å². The van der Waals surface area contributed by atoms with Crippen LogP contribution in [-0.2, 0) is 5.41 Å². The van der Waals surface area contributed by atoms with E-state index in [-0.39, 0.29) is 5.41 Å². The lowest BCUT2D eigenvalue weighted by atomic mass is 9.91. The van der Waals surface area contributed by atoms with E-state index in [1.54, 1.807) is 0 Å². The van der Waals surface area contributed by atoms with Crippen molar-refractivity contribution in [3.63, 3.8) is 0 Å². The number of hydrogen-bond acceptors (Lipinski definition) is 3. The second-order valence-corrected chi connectivity index (χ2v) is 12.0. The Hall–Kier alpha value is -3.92. The van der Waals surface area contributed by atoms with Crippen LogP contribution < -0.4 is 0 Å². The standard InChI is InChI=1S/C34H35N3O/c1-20(2)22-13-10-14-23(21(3)4)31(22)37-28-18-30(34(5,6)7)35-19-27(28)36-33(37)26-16-11-15-25-24-12-8-9-17-29(24)38-32(25)26/h8-21H,1-7H3. The van der Waals surface area contributed by atoms with Crippen molar-refractivity contribution in [1.29, 1.82) is 0 Å². The Morgan fingerprint density at radius 1 is 0.789 bits per heavy atom. The molecule has 3 aromatic carbocycles. The van der Waals surface area contributed by atoms with Crippen LogP contribution in [0.15, 0.2) is 77.3 Å². The maximum atomic E-state index is 6.49. The number of benzene rings is 3. The van der Waals surface area contributed by atoms with Crippen molar-refractivity contribution in [2.24, 2.45) is 0 Å². The molecule has 0 aliphatic carbocycles. The van der Waals surface area contributed by atoms with Gasteiger partial charge < -0.3 is 4.42 Å². The molecular weight excluding hydrogens is 466 g/mol. The van der Waals surface area contributed by atoms with Crippen molar-refractivity contribution < 1.29 is 4.42 Å². The van der Waals surface area contributed by atoms with Gasteiger partial charge in [0.25, 0.3) is 0 Å². The third-order valence-corrected chi connectivity index (χ3v) is 7.52. The predicted octanol–water partition coefficient (Wildman–Crippen LogP) is 9.53. The van der Waals surface area contributed by atoms with Crippen LogP contribution in [-0.4, -0.2) is 14.5 Å². The minimum absolute atomic E-state index is 0.0827. The molecule has 0 saturated heterocycles. The highest BCUT2D eigenvalue weighted by Gasteiger charge is 2.26. The molecule has 0 N–H and O–H groups in total. The zero-order valence-electron chi connectivity index (χ0n) is 23.3. The molecule has 38 heavy (non-hydrogen) atoms. The van der Waals surface area contributed by atoms with Gasteiger partial charge in [-0.15, -0.1) is 0 Å². The molecular formula is C34H35N3O. The summed E-state index contributed by atoms with van der Waals surface area (Å²) in [6.45, 7) is 15.7. The first-order chi connectivity index (χ1) is 18.1. The third kappa shape index (κ3) is 3.82. The summed E-state index contributed by atoms with van der Waals surface area (Å²) in [5.41, 5.74) is 9.49. The number of pyridine rings is 1. The van der Waals surface area contributed by atoms with E-state index in [0.717, 1.165) is 50.1 Å². The maximum absolute atomic E-state index is 6.49. The fraction of sp³-hybridized carbons (Fsp3) is 0.294. The summed E-state index contributed by atoms with van der Waals surface area (Å²) in [7, 11) is 0. The van der Waals surface area contributed by atoms with Crippen LogP contribution in [0.4, 0.5) is 0 Å². The van der Waals surface area contributed by atoms with Gasteiger partial charge in [0.15, 0.2) is 0 Å². The van der Waals surface area contributed by atoms with Gasteiger partial charge in [0.1, 0.15) is 22.5 Å². The Morgan fingerprint density at radius 3 is 2.13 bits per heavy atom. The SMILES string of the molecule is CC(C)c1cccc(C(C)C)c1-n1c(-c2cccc3c2oc2ccccc23)nc2cnc(C(C)(C)C)cc21. The van der Waals surface area contributed by atoms with E-state index in [9.17, 15) is 0 Å². The van der Waals surface area contributed by atoms with Crippen LogP contribution >= 0.6 is 0 Å². The molecule has 0 aliphatic rings. The molecule has 0 spiro atoms. The first-order valence-electron chi connectivity index (χ1n) is 13.6. The Bertz CT molecular complexity index is 1790. The van der Waals surface area contributed by atoms with E-state index in [1.807, 2.05) is 18.3 Å². The van der Waals surface area contributed by atoms with Crippen LogP contribution in [0.1, 0.15) is 77.1 Å². The fourth-order valence-corrected chi connectivity index (χ4v) is 5.49. The lowest BCUT2D eigenvalue weighted by Gasteiger charge is -2.23. The van der Waals surface area contributed by atoms with Crippen LogP contribution in [0, 0.1) is 0 Å². The number of rotatable bonds is 4. The second-order valence-electron chi connectivity index (χ2n) is 12.0. The molecule has 0 bridgehead atoms. The first-order valence-corrected chi connectivity index (χ1v) is 13.6. The predicted molar refractivity (Wildman–Crippen MR) is 158 cm³/mol. The molecule has 0 amide bonds. The Morgan fingerprint density at radius 2 is 1.45 bits per heavy atom. The van der Waals surface area contributed by atoms with Crippen molar-refractivity contribution in [3.05, 3.63) is 89.7 Å². The molecule has 3 heterocycles. The minimum Gasteiger partial charge on any atom is -0.455 e. The van der Waals surface area contributed by atoms with Gasteiger partial charge in [-0.25, -0.2) is 4.98 Å². The molecule has 0 aliphatic heterocycles. The zero-order valence-corrected chi connectivity index (χ0v) is 23.3. The molecule has 4 nitrogen and oxygen atoms in total. The lowest BCUT2D eigenvalue weighted by Crippen LogP contribution is -2.14. The van der Waals surface area contributed by atoms with Crippen LogP contribution in [0.5, 0.6) is 0 Å². The molecule has 3 aromatic heterocycles. The third-order valence-electron chi connectivity index (χ3n) is 7.52. The van der Waals surface area contributed by atoms with Gasteiger partial charge in [0, 0.05) is 21.9 Å². The highest BCUT2D eigenvalue weighted by atomic mass is 16.3. The van der Waals surface area contributed by atoms with Crippen molar-refractivity contribution in [2.75, 3.05) is 0 Å². The summed E-state index contributed by atoms with van der Waals surface area (Å²) in [5.74, 6) is 1.58. The number of hydrogen-bond donors (Lipinski definition) is 0. The Kier molecular flexibility index (Phi) is 5.68. The summed E-state index contributed by atoms with van der Waals surface area (Å²) < 4.78 is 8.86. The van der Waals surface area contributed by atoms with Crippen molar-refractivity contribution in [1.82, 2.24) is 14.5 Å². The minimum atomic E-state index is -0.0827. The van der Waals surface area contributed by atoms with Gasteiger partial charge in [0.2, 0.25) is 0 Å². The molecule has 6 rings (SSSR count). The molecule has 192 valence electrons. The number of para-hydroxylation sites is 3. The normalized spacial score (nSPS) is 12.6. The van der Waals surface area contributed by atoms with E-state index < -0.39 is 0 Å². The van der Waals surface area contributed by atoms with E-state index in [4.69, 9.17) is 14.4 Å². The van der Waals surface area contributed by atoms with Gasteiger partial charge >= 0.3 is 0 Å². The van der Waals surface area contributed by atoms with Crippen molar-refractivity contribution in [2.45, 2.75) is 65.7 Å². The average molecular weight is 502 g/mol. The molecule has 0 saturated carbocycles. The number of imidazole rings is 1. The Labute approximate surface area is 224 Å². The summed E-state index contributed by atoms with van der Waals surface area (Å²) in [6.07, 6.45) is 1.93. The fourth-order valence-electron chi connectivity index (χ4n) is 5.49. The van der Waals surface area contributed by atoms with Crippen LogP contribution in [0.3, 0.4) is 0 Å². The van der Waals surface area contributed by atoms with E-state index in [1.165, 1.54) is 16.8 Å². The van der Waals surface area contributed by atoms with Gasteiger partial charge in [-0.05, 0) is 41.2 Å². The molecule has 0 fully saturated rings. The number of aromatic nitrogens is 3. The van der Waals surface area contributed by atoms with Crippen molar-refractivity contribution >= 4 is 33.0 Å². The number of nitrogens with zero attached hydrogens (tertiary/aromatic N) is 3. The number of fused-ring (bicyclic) bond motifs is 4. The number of furan rings is 1. The lowest BCUT2D eigenvalue weighted by molar-refractivity contribution is 0.570. The van der Waals surface area contributed by atoms with E-state index in [0.29, 0.717) is 11.8 Å². The smallest absolute Gasteiger partial charge is 0.149 e. The van der Waals surface area contributed by atoms with Crippen LogP contribution in [0.25, 0.3) is 50.0 Å². The first kappa shape index (κ1) is 24.4. The van der Waals surface area contributed by atoms with E-state index in [2.05, 4.69) is 108 Å². The Balaban J connectivity index is 1.79. The maximum Gasteiger partial charge on any atom is 0.149 e. The van der Waals surface area contributed by atoms with Gasteiger partial charge in [-0.1, -0.05) is 97.0 Å². The van der Waals surface area contributed by atoms with Gasteiger partial charge in [-0.3, -0.25) is 9.55 Å². The quantitative estimate of drug-likeness (QED) is 0.241. The molecule has 0 radical (unpaired) electrons. The molecule has 4 heteroatoms. The largest absolute Gasteiger partial charge is 0.455 e. The summed E-state index contributed by atoms with van der Waals surface area (Å²) in [4.78, 5) is 10.1. The van der Waals surface area contributed by atoms with Gasteiger partial charge in [-0.2, -0.15) is 0 Å². The van der Waals surface area contributed by atoms with Crippen LogP contribution in [0.2, 0.25) is 0 Å². The summed E-state index contributed by atoms with van der Waals surface area (Å²) in [5, 5.41) is 2.22. The highest BCUT2D eigenvalue weighted by molar-refractivity contribution is 6.09. The average Bonchev–Trinajstić information content (AvgIpc) is 3.45. The molecule has 0 unspecified atom stereocenters. The second kappa shape index (κ2) is 8.83. The summed E-state index contributed by atoms with van der Waals surface area (Å²) in [6, 6.07) is 23.6. The molecule has 6 aromatic rings. The summed E-state index contributed by atoms with van der Waals surface area (Å²) >= 11 is 0. The monoisotopic (exact) mass is 501 g/mol. The topological polar surface area (TPSA) is 43.9 Å². The van der Waals surface area contributed by atoms with E-state index >= 15 is 0 Å².